The van der Waals surface area contributed by atoms with Crippen LogP contribution in [0.2, 0.25) is 0 Å². The topological polar surface area (TPSA) is 12.0 Å². The van der Waals surface area contributed by atoms with Gasteiger partial charge in [-0.25, -0.2) is 0 Å². The van der Waals surface area contributed by atoms with Gasteiger partial charge in [0, 0.05) is 18.3 Å². The minimum absolute atomic E-state index is 1.04. The van der Waals surface area contributed by atoms with E-state index in [1.807, 2.05) is 14.0 Å². The summed E-state index contributed by atoms with van der Waals surface area (Å²) in [6.07, 6.45) is 4.19. The van der Waals surface area contributed by atoms with E-state index in [9.17, 15) is 0 Å². The van der Waals surface area contributed by atoms with Gasteiger partial charge in [0.2, 0.25) is 0 Å². The highest BCUT2D eigenvalue weighted by molar-refractivity contribution is 6.03. The van der Waals surface area contributed by atoms with E-state index in [1.54, 1.807) is 0 Å². The van der Waals surface area contributed by atoms with Gasteiger partial charge in [-0.3, -0.25) is 0 Å². The smallest absolute Gasteiger partial charge is 0.0423 e. The van der Waals surface area contributed by atoms with Crippen molar-refractivity contribution in [2.24, 2.45) is 0 Å². The molecule has 3 aromatic rings. The molecule has 0 aromatic heterocycles. The van der Waals surface area contributed by atoms with E-state index in [0.717, 1.165) is 11.3 Å². The second kappa shape index (κ2) is 6.53. The lowest BCUT2D eigenvalue weighted by Gasteiger charge is -2.17. The molecule has 0 bridgehead atoms. The van der Waals surface area contributed by atoms with Crippen LogP contribution in [0, 0.1) is 0 Å². The lowest BCUT2D eigenvalue weighted by atomic mass is 9.90. The van der Waals surface area contributed by atoms with Crippen LogP contribution < -0.4 is 5.32 Å². The Bertz CT molecular complexity index is 887. The molecule has 0 saturated heterocycles. The maximum absolute atomic E-state index is 4.42. The normalized spacial score (nSPS) is 11.0. The molecule has 1 heteroatoms. The third-order valence-electron chi connectivity index (χ3n) is 4.13. The summed E-state index contributed by atoms with van der Waals surface area (Å²) in [5.74, 6) is 0. The number of benzene rings is 3. The van der Waals surface area contributed by atoms with E-state index >= 15 is 0 Å². The van der Waals surface area contributed by atoms with Gasteiger partial charge in [0.15, 0.2) is 0 Å². The first kappa shape index (κ1) is 15.1. The second-order valence-electron chi connectivity index (χ2n) is 5.53. The summed E-state index contributed by atoms with van der Waals surface area (Å²) < 4.78 is 0. The molecule has 114 valence electrons. The van der Waals surface area contributed by atoms with E-state index < -0.39 is 0 Å². The quantitative estimate of drug-likeness (QED) is 0.625. The average Bonchev–Trinajstić information content (AvgIpc) is 2.61. The second-order valence-corrected chi connectivity index (χ2v) is 5.53. The fourth-order valence-corrected chi connectivity index (χ4v) is 3.04. The van der Waals surface area contributed by atoms with E-state index in [4.69, 9.17) is 0 Å². The molecule has 0 spiro atoms. The van der Waals surface area contributed by atoms with Crippen molar-refractivity contribution in [3.8, 4) is 0 Å². The van der Waals surface area contributed by atoms with Gasteiger partial charge in [-0.15, -0.1) is 0 Å². The Morgan fingerprint density at radius 1 is 0.957 bits per heavy atom. The first-order valence-corrected chi connectivity index (χ1v) is 7.87. The molecule has 0 aliphatic carbocycles. The predicted molar refractivity (Wildman–Crippen MR) is 103 cm³/mol. The summed E-state index contributed by atoms with van der Waals surface area (Å²) in [5.41, 5.74) is 5.67. The van der Waals surface area contributed by atoms with Crippen molar-refractivity contribution in [3.63, 3.8) is 0 Å². The summed E-state index contributed by atoms with van der Waals surface area (Å²) in [6.45, 7) is 6.46. The van der Waals surface area contributed by atoms with Crippen molar-refractivity contribution >= 4 is 28.1 Å². The van der Waals surface area contributed by atoms with Crippen LogP contribution in [-0.4, -0.2) is 7.05 Å². The van der Waals surface area contributed by atoms with Crippen molar-refractivity contribution in [2.45, 2.75) is 6.92 Å². The highest BCUT2D eigenvalue weighted by Gasteiger charge is 2.13. The molecule has 3 aromatic carbocycles. The molecule has 0 fully saturated rings. The standard InChI is InChI=1S/C22H21N/c1-4-9-17-10-5-7-12-19(17)16(2)22-20-13-8-6-11-18(20)14-15-21(22)23-3/h4-15,23H,2H2,1,3H3/b9-4-. The third-order valence-corrected chi connectivity index (χ3v) is 4.13. The Morgan fingerprint density at radius 3 is 2.48 bits per heavy atom. The molecule has 0 amide bonds. The van der Waals surface area contributed by atoms with Crippen molar-refractivity contribution in [3.05, 3.63) is 90.0 Å². The fourth-order valence-electron chi connectivity index (χ4n) is 3.04. The largest absolute Gasteiger partial charge is 0.388 e. The van der Waals surface area contributed by atoms with Gasteiger partial charge >= 0.3 is 0 Å². The molecular formula is C22H21N. The zero-order chi connectivity index (χ0) is 16.2. The molecule has 0 aliphatic rings. The van der Waals surface area contributed by atoms with Crippen LogP contribution in [0.15, 0.2) is 73.3 Å². The van der Waals surface area contributed by atoms with Crippen molar-refractivity contribution in [1.82, 2.24) is 0 Å². The van der Waals surface area contributed by atoms with E-state index in [2.05, 4.69) is 84.7 Å². The van der Waals surface area contributed by atoms with Gasteiger partial charge in [-0.05, 0) is 40.5 Å². The van der Waals surface area contributed by atoms with Gasteiger partial charge < -0.3 is 5.32 Å². The van der Waals surface area contributed by atoms with E-state index in [0.29, 0.717) is 0 Å². The molecule has 0 saturated carbocycles. The van der Waals surface area contributed by atoms with Crippen LogP contribution in [0.25, 0.3) is 22.4 Å². The number of fused-ring (bicyclic) bond motifs is 1. The molecule has 0 atom stereocenters. The van der Waals surface area contributed by atoms with E-state index in [1.165, 1.54) is 27.5 Å². The molecule has 23 heavy (non-hydrogen) atoms. The number of hydrogen-bond acceptors (Lipinski definition) is 1. The molecule has 0 radical (unpaired) electrons. The lowest BCUT2D eigenvalue weighted by molar-refractivity contribution is 1.49. The van der Waals surface area contributed by atoms with Crippen molar-refractivity contribution in [2.75, 3.05) is 12.4 Å². The summed E-state index contributed by atoms with van der Waals surface area (Å²) in [6, 6.07) is 21.1. The molecule has 3 rings (SSSR count). The van der Waals surface area contributed by atoms with Crippen LogP contribution >= 0.6 is 0 Å². The monoisotopic (exact) mass is 299 g/mol. The molecule has 0 unspecified atom stereocenters. The SMILES string of the molecule is C=C(c1ccccc1/C=C\C)c1c(NC)ccc2ccccc12. The Kier molecular flexibility index (Phi) is 4.29. The third kappa shape index (κ3) is 2.78. The van der Waals surface area contributed by atoms with Gasteiger partial charge in [0.05, 0.1) is 0 Å². The first-order chi connectivity index (χ1) is 11.3. The van der Waals surface area contributed by atoms with Crippen LogP contribution in [0.3, 0.4) is 0 Å². The Morgan fingerprint density at radius 2 is 1.70 bits per heavy atom. The molecular weight excluding hydrogens is 278 g/mol. The minimum Gasteiger partial charge on any atom is -0.388 e. The zero-order valence-corrected chi connectivity index (χ0v) is 13.6. The number of hydrogen-bond donors (Lipinski definition) is 1. The maximum atomic E-state index is 4.42. The number of rotatable bonds is 4. The zero-order valence-electron chi connectivity index (χ0n) is 13.6. The highest BCUT2D eigenvalue weighted by Crippen LogP contribution is 2.36. The average molecular weight is 299 g/mol. The summed E-state index contributed by atoms with van der Waals surface area (Å²) in [5, 5.41) is 5.76. The van der Waals surface area contributed by atoms with Crippen molar-refractivity contribution < 1.29 is 0 Å². The first-order valence-electron chi connectivity index (χ1n) is 7.87. The maximum Gasteiger partial charge on any atom is 0.0423 e. The van der Waals surface area contributed by atoms with Gasteiger partial charge in [0.1, 0.15) is 0 Å². The van der Waals surface area contributed by atoms with Crippen LogP contribution in [0.1, 0.15) is 23.6 Å². The van der Waals surface area contributed by atoms with Crippen LogP contribution in [0.5, 0.6) is 0 Å². The lowest BCUT2D eigenvalue weighted by Crippen LogP contribution is -1.98. The Hall–Kier alpha value is -2.80. The van der Waals surface area contributed by atoms with Gasteiger partial charge in [0.25, 0.3) is 0 Å². The van der Waals surface area contributed by atoms with E-state index in [-0.39, 0.29) is 0 Å². The molecule has 1 N–H and O–H groups in total. The number of anilines is 1. The highest BCUT2D eigenvalue weighted by atomic mass is 14.8. The predicted octanol–water partition coefficient (Wildman–Crippen LogP) is 5.98. The summed E-state index contributed by atoms with van der Waals surface area (Å²) in [7, 11) is 1.96. The Labute approximate surface area is 138 Å². The number of nitrogens with one attached hydrogen (secondary N) is 1. The number of allylic oxidation sites excluding steroid dienone is 1. The summed E-state index contributed by atoms with van der Waals surface area (Å²) >= 11 is 0. The van der Waals surface area contributed by atoms with Crippen LogP contribution in [0.4, 0.5) is 5.69 Å². The fraction of sp³-hybridized carbons (Fsp3) is 0.0909. The molecule has 0 heterocycles. The Balaban J connectivity index is 2.26. The summed E-state index contributed by atoms with van der Waals surface area (Å²) in [4.78, 5) is 0. The molecule has 1 nitrogen and oxygen atoms in total. The van der Waals surface area contributed by atoms with Crippen molar-refractivity contribution in [1.29, 1.82) is 0 Å². The van der Waals surface area contributed by atoms with Gasteiger partial charge in [-0.2, -0.15) is 0 Å². The minimum atomic E-state index is 1.04. The van der Waals surface area contributed by atoms with Gasteiger partial charge in [-0.1, -0.05) is 73.3 Å². The molecule has 0 aliphatic heterocycles. The van der Waals surface area contributed by atoms with Crippen LogP contribution in [-0.2, 0) is 0 Å².